The molecule has 0 aliphatic carbocycles. The highest BCUT2D eigenvalue weighted by Crippen LogP contribution is 2.24. The molecular weight excluding hydrogens is 389 g/mol. The van der Waals surface area contributed by atoms with E-state index in [0.29, 0.717) is 18.5 Å². The molecule has 31 heavy (non-hydrogen) atoms. The predicted octanol–water partition coefficient (Wildman–Crippen LogP) is 6.89. The van der Waals surface area contributed by atoms with Gasteiger partial charge in [0.2, 0.25) is 0 Å². The summed E-state index contributed by atoms with van der Waals surface area (Å²) >= 11 is 0. The monoisotopic (exact) mass is 419 g/mol. The molecule has 2 heterocycles. The zero-order valence-electron chi connectivity index (χ0n) is 18.5. The third-order valence-corrected chi connectivity index (χ3v) is 5.29. The molecule has 0 spiro atoms. The molecule has 162 valence electrons. The van der Waals surface area contributed by atoms with Gasteiger partial charge in [-0.05, 0) is 56.5 Å². The Morgan fingerprint density at radius 3 is 2.39 bits per heavy atom. The van der Waals surface area contributed by atoms with Crippen LogP contribution in [0.5, 0.6) is 0 Å². The number of rotatable bonds is 7. The van der Waals surface area contributed by atoms with Crippen LogP contribution in [-0.2, 0) is 24.2 Å². The van der Waals surface area contributed by atoms with Crippen molar-refractivity contribution in [2.24, 2.45) is 0 Å². The number of aryl methyl sites for hydroxylation is 3. The van der Waals surface area contributed by atoms with E-state index in [2.05, 4.69) is 29.8 Å². The van der Waals surface area contributed by atoms with Crippen molar-refractivity contribution in [3.05, 3.63) is 95.3 Å². The number of hydrogen-bond donors (Lipinski definition) is 0. The lowest BCUT2D eigenvalue weighted by molar-refractivity contribution is -0.117. The second kappa shape index (κ2) is 10.8. The molecule has 0 fully saturated rings. The Morgan fingerprint density at radius 1 is 1.00 bits per heavy atom. The van der Waals surface area contributed by atoms with E-state index >= 15 is 0 Å². The molecular formula is C27H30FNO2. The summed E-state index contributed by atoms with van der Waals surface area (Å²) in [5.74, 6) is 2.12. The van der Waals surface area contributed by atoms with E-state index in [1.165, 1.54) is 17.0 Å². The highest BCUT2D eigenvalue weighted by atomic mass is 19.1. The van der Waals surface area contributed by atoms with E-state index in [1.807, 2.05) is 43.3 Å². The van der Waals surface area contributed by atoms with Crippen molar-refractivity contribution in [1.29, 1.82) is 0 Å². The van der Waals surface area contributed by atoms with E-state index in [-0.39, 0.29) is 11.6 Å². The number of carbonyl (C=O) groups excluding carboxylic acids is 1. The average molecular weight is 420 g/mol. The molecule has 3 nitrogen and oxygen atoms in total. The van der Waals surface area contributed by atoms with Gasteiger partial charge in [0.15, 0.2) is 0 Å². The summed E-state index contributed by atoms with van der Waals surface area (Å²) in [4.78, 5) is 11.1. The summed E-state index contributed by atoms with van der Waals surface area (Å²) in [6, 6.07) is 19.0. The van der Waals surface area contributed by atoms with Crippen LogP contribution in [0.2, 0.25) is 0 Å². The fourth-order valence-corrected chi connectivity index (χ4v) is 3.67. The van der Waals surface area contributed by atoms with E-state index in [9.17, 15) is 9.18 Å². The highest BCUT2D eigenvalue weighted by Gasteiger charge is 2.10. The SMILES string of the molecule is CC(=O)CCCc1cn(Cc2ccccc2F)c2ccccc12.CCc1ccc(C)o1. The third kappa shape index (κ3) is 6.17. The Kier molecular flexibility index (Phi) is 7.82. The van der Waals surface area contributed by atoms with Crippen LogP contribution < -0.4 is 0 Å². The van der Waals surface area contributed by atoms with Gasteiger partial charge in [0.05, 0.1) is 6.54 Å². The third-order valence-electron chi connectivity index (χ3n) is 5.29. The molecule has 0 saturated carbocycles. The number of fused-ring (bicyclic) bond motifs is 1. The largest absolute Gasteiger partial charge is 0.466 e. The second-order valence-electron chi connectivity index (χ2n) is 7.81. The smallest absolute Gasteiger partial charge is 0.129 e. The van der Waals surface area contributed by atoms with Crippen molar-refractivity contribution in [1.82, 2.24) is 4.57 Å². The zero-order chi connectivity index (χ0) is 22.2. The topological polar surface area (TPSA) is 35.1 Å². The first-order valence-corrected chi connectivity index (χ1v) is 10.8. The Morgan fingerprint density at radius 2 is 1.74 bits per heavy atom. The lowest BCUT2D eigenvalue weighted by atomic mass is 10.1. The van der Waals surface area contributed by atoms with Crippen LogP contribution in [0.1, 0.15) is 49.3 Å². The average Bonchev–Trinajstić information content (AvgIpc) is 3.34. The van der Waals surface area contributed by atoms with Crippen LogP contribution in [0.25, 0.3) is 10.9 Å². The van der Waals surface area contributed by atoms with Gasteiger partial charge in [0.1, 0.15) is 23.1 Å². The molecule has 0 atom stereocenters. The molecule has 0 amide bonds. The summed E-state index contributed by atoms with van der Waals surface area (Å²) in [5, 5.41) is 1.19. The maximum absolute atomic E-state index is 13.9. The highest BCUT2D eigenvalue weighted by molar-refractivity contribution is 5.84. The Hall–Kier alpha value is -3.14. The molecule has 0 unspecified atom stereocenters. The van der Waals surface area contributed by atoms with Crippen LogP contribution in [0, 0.1) is 12.7 Å². The van der Waals surface area contributed by atoms with Gasteiger partial charge in [-0.2, -0.15) is 0 Å². The van der Waals surface area contributed by atoms with Crippen molar-refractivity contribution in [2.45, 2.75) is 53.0 Å². The van der Waals surface area contributed by atoms with Crippen LogP contribution in [-0.4, -0.2) is 10.4 Å². The number of hydrogen-bond acceptors (Lipinski definition) is 2. The van der Waals surface area contributed by atoms with E-state index in [0.717, 1.165) is 36.3 Å². The number of ketones is 1. The van der Waals surface area contributed by atoms with Gasteiger partial charge < -0.3 is 13.8 Å². The number of benzene rings is 2. The van der Waals surface area contributed by atoms with Crippen LogP contribution in [0.3, 0.4) is 0 Å². The molecule has 4 rings (SSSR count). The van der Waals surface area contributed by atoms with E-state index < -0.39 is 0 Å². The minimum atomic E-state index is -0.177. The summed E-state index contributed by atoms with van der Waals surface area (Å²) in [6.45, 7) is 6.18. The quantitative estimate of drug-likeness (QED) is 0.327. The first kappa shape index (κ1) is 22.5. The van der Waals surface area contributed by atoms with Crippen LogP contribution in [0.15, 0.2) is 71.3 Å². The van der Waals surface area contributed by atoms with Crippen molar-refractivity contribution < 1.29 is 13.6 Å². The molecule has 0 aliphatic heterocycles. The standard InChI is InChI=1S/C20H20FNO.C7H10O/c1-15(23)7-6-9-16-13-22(20-12-5-3-10-18(16)20)14-17-8-2-4-11-19(17)21;1-3-7-5-4-6(2)8-7/h2-5,8,10-13H,6-7,9,14H2,1H3;4-5H,3H2,1-2H3. The molecule has 2 aromatic heterocycles. The van der Waals surface area contributed by atoms with Gasteiger partial charge in [-0.15, -0.1) is 0 Å². The van der Waals surface area contributed by atoms with Gasteiger partial charge in [0.25, 0.3) is 0 Å². The van der Waals surface area contributed by atoms with Gasteiger partial charge >= 0.3 is 0 Å². The summed E-state index contributed by atoms with van der Waals surface area (Å²) < 4.78 is 21.2. The van der Waals surface area contributed by atoms with Crippen LogP contribution >= 0.6 is 0 Å². The zero-order valence-corrected chi connectivity index (χ0v) is 18.5. The maximum atomic E-state index is 13.9. The molecule has 4 aromatic rings. The Labute approximate surface area is 183 Å². The predicted molar refractivity (Wildman–Crippen MR) is 124 cm³/mol. The molecule has 0 N–H and O–H groups in total. The lowest BCUT2D eigenvalue weighted by Gasteiger charge is -2.06. The molecule has 0 radical (unpaired) electrons. The van der Waals surface area contributed by atoms with Gasteiger partial charge in [-0.25, -0.2) is 4.39 Å². The van der Waals surface area contributed by atoms with Crippen molar-refractivity contribution in [3.8, 4) is 0 Å². The lowest BCUT2D eigenvalue weighted by Crippen LogP contribution is -2.00. The van der Waals surface area contributed by atoms with Crippen molar-refractivity contribution in [3.63, 3.8) is 0 Å². The fraction of sp³-hybridized carbons (Fsp3) is 0.296. The van der Waals surface area contributed by atoms with Crippen molar-refractivity contribution >= 4 is 16.7 Å². The summed E-state index contributed by atoms with van der Waals surface area (Å²) in [7, 11) is 0. The van der Waals surface area contributed by atoms with Crippen molar-refractivity contribution in [2.75, 3.05) is 0 Å². The van der Waals surface area contributed by atoms with Crippen LogP contribution in [0.4, 0.5) is 4.39 Å². The first-order chi connectivity index (χ1) is 15.0. The van der Waals surface area contributed by atoms with Gasteiger partial charge in [-0.1, -0.05) is 43.3 Å². The number of furan rings is 1. The number of carbonyl (C=O) groups is 1. The first-order valence-electron chi connectivity index (χ1n) is 10.8. The molecule has 0 bridgehead atoms. The summed E-state index contributed by atoms with van der Waals surface area (Å²) in [5.41, 5.74) is 3.01. The number of nitrogens with zero attached hydrogens (tertiary/aromatic N) is 1. The molecule has 4 heteroatoms. The second-order valence-corrected chi connectivity index (χ2v) is 7.81. The maximum Gasteiger partial charge on any atom is 0.129 e. The van der Waals surface area contributed by atoms with E-state index in [1.54, 1.807) is 13.0 Å². The molecule has 0 saturated heterocycles. The molecule has 2 aromatic carbocycles. The minimum absolute atomic E-state index is 0.177. The Balaban J connectivity index is 0.000000287. The minimum Gasteiger partial charge on any atom is -0.466 e. The normalized spacial score (nSPS) is 10.7. The van der Waals surface area contributed by atoms with E-state index in [4.69, 9.17) is 4.42 Å². The Bertz CT molecular complexity index is 1140. The van der Waals surface area contributed by atoms with Gasteiger partial charge in [0, 0.05) is 35.5 Å². The number of Topliss-reactive ketones (excluding diaryl/α,β-unsaturated/α-hetero) is 1. The van der Waals surface area contributed by atoms with Gasteiger partial charge in [-0.3, -0.25) is 0 Å². The number of aromatic nitrogens is 1. The summed E-state index contributed by atoms with van der Waals surface area (Å²) in [6.07, 6.45) is 5.41. The number of halogens is 1. The number of para-hydroxylation sites is 1. The molecule has 0 aliphatic rings. The fourth-order valence-electron chi connectivity index (χ4n) is 3.67.